The number of ether oxygens (including phenoxy) is 2. The van der Waals surface area contributed by atoms with E-state index >= 15 is 0 Å². The molecule has 9 atom stereocenters. The Bertz CT molecular complexity index is 1510. The molecule has 0 N–H and O–H groups in total. The van der Waals surface area contributed by atoms with Crippen LogP contribution in [-0.2, 0) is 16.1 Å². The maximum absolute atomic E-state index is 12.3. The number of allylic oxidation sites excluding steroid dienone is 3. The molecule has 0 radical (unpaired) electrons. The van der Waals surface area contributed by atoms with E-state index in [0.29, 0.717) is 41.6 Å². The minimum absolute atomic E-state index is 0.0527. The van der Waals surface area contributed by atoms with Gasteiger partial charge in [-0.2, -0.15) is 0 Å². The van der Waals surface area contributed by atoms with Gasteiger partial charge >= 0.3 is 0 Å². The summed E-state index contributed by atoms with van der Waals surface area (Å²) in [7, 11) is 0. The number of fused-ring (bicyclic) bond motifs is 6. The van der Waals surface area contributed by atoms with Gasteiger partial charge in [0, 0.05) is 31.5 Å². The Morgan fingerprint density at radius 1 is 0.978 bits per heavy atom. The van der Waals surface area contributed by atoms with E-state index in [1.807, 2.05) is 36.4 Å². The van der Waals surface area contributed by atoms with Gasteiger partial charge in [0.05, 0.1) is 11.7 Å². The predicted octanol–water partition coefficient (Wildman–Crippen LogP) is 9.31. The second-order valence-corrected chi connectivity index (χ2v) is 16.0. The molecule has 0 amide bonds. The molecule has 0 bridgehead atoms. The second-order valence-electron chi connectivity index (χ2n) is 16.0. The van der Waals surface area contributed by atoms with Crippen molar-refractivity contribution < 1.29 is 14.3 Å². The van der Waals surface area contributed by atoms with Crippen LogP contribution < -0.4 is 4.74 Å². The fourth-order valence-electron chi connectivity index (χ4n) is 11.2. The van der Waals surface area contributed by atoms with E-state index in [4.69, 9.17) is 9.47 Å². The quantitative estimate of drug-likeness (QED) is 0.326. The number of ketones is 1. The third kappa shape index (κ3) is 5.06. The van der Waals surface area contributed by atoms with Gasteiger partial charge in [0.1, 0.15) is 11.5 Å². The van der Waals surface area contributed by atoms with Crippen LogP contribution in [-0.4, -0.2) is 35.0 Å². The molecule has 238 valence electrons. The van der Waals surface area contributed by atoms with Gasteiger partial charge in [-0.1, -0.05) is 67.8 Å². The van der Waals surface area contributed by atoms with Gasteiger partial charge in [0.25, 0.3) is 0 Å². The molecule has 1 spiro atoms. The van der Waals surface area contributed by atoms with Crippen molar-refractivity contribution in [2.24, 2.45) is 35.0 Å². The molecule has 4 fully saturated rings. The maximum atomic E-state index is 12.3. The van der Waals surface area contributed by atoms with E-state index in [0.717, 1.165) is 56.2 Å². The normalized spacial score (nSPS) is 39.5. The van der Waals surface area contributed by atoms with Crippen LogP contribution in [0.1, 0.15) is 91.0 Å². The molecule has 1 unspecified atom stereocenters. The number of piperidine rings is 1. The molecule has 2 aromatic carbocycles. The SMILES string of the molecule is CC1=C2C[C@H]3[C@@H](CCC4=CC(=O)CC[C@@]43C)[C@@H]2CC[C@@]2(C1)O[C@@H]1C[C@H](C)CN(Cc3ccc(Oc4ccccc4)cc3)C1[C@H]2C. The number of hydrogen-bond donors (Lipinski definition) is 0. The van der Waals surface area contributed by atoms with Gasteiger partial charge < -0.3 is 9.47 Å². The molecule has 0 aromatic heterocycles. The summed E-state index contributed by atoms with van der Waals surface area (Å²) in [5.74, 6) is 5.43. The molecular weight excluding hydrogens is 554 g/mol. The first-order valence-corrected chi connectivity index (χ1v) is 17.9. The average Bonchev–Trinajstić information content (AvgIpc) is 3.49. The molecule has 6 aliphatic rings. The largest absolute Gasteiger partial charge is 0.457 e. The van der Waals surface area contributed by atoms with Gasteiger partial charge in [0.2, 0.25) is 0 Å². The van der Waals surface area contributed by atoms with Crippen LogP contribution in [0.25, 0.3) is 0 Å². The first kappa shape index (κ1) is 29.7. The Morgan fingerprint density at radius 2 is 1.76 bits per heavy atom. The van der Waals surface area contributed by atoms with Gasteiger partial charge in [-0.25, -0.2) is 0 Å². The minimum Gasteiger partial charge on any atom is -0.457 e. The Hall–Kier alpha value is -2.69. The van der Waals surface area contributed by atoms with Crippen LogP contribution in [0.5, 0.6) is 11.5 Å². The summed E-state index contributed by atoms with van der Waals surface area (Å²) in [5, 5.41) is 0. The number of nitrogens with zero attached hydrogens (tertiary/aromatic N) is 1. The zero-order chi connectivity index (χ0) is 30.9. The zero-order valence-corrected chi connectivity index (χ0v) is 27.8. The average molecular weight is 606 g/mol. The standard InChI is InChI=1S/C41H51NO3/c1-26-20-38-39(42(24-26)25-29-10-13-33(14-11-29)44-32-8-6-5-7-9-32)28(3)41(45-38)19-17-34-35-15-12-30-21-31(43)16-18-40(30,4)37(35)22-36(34)27(2)23-41/h5-11,13-14,21,26,28,34-35,37-39H,12,15-20,22-25H2,1-4H3/t26-,28+,34-,35-,37-,38+,39?,40-,41-/m0/s1. The molecule has 2 aliphatic heterocycles. The Labute approximate surface area is 270 Å². The third-order valence-corrected chi connectivity index (χ3v) is 13.4. The molecule has 45 heavy (non-hydrogen) atoms. The monoisotopic (exact) mass is 605 g/mol. The summed E-state index contributed by atoms with van der Waals surface area (Å²) in [6, 6.07) is 19.2. The van der Waals surface area contributed by atoms with Gasteiger partial charge in [-0.3, -0.25) is 9.69 Å². The molecule has 2 aromatic rings. The van der Waals surface area contributed by atoms with Gasteiger partial charge in [-0.05, 0) is 123 Å². The molecular formula is C41H51NO3. The maximum Gasteiger partial charge on any atom is 0.155 e. The van der Waals surface area contributed by atoms with Crippen molar-refractivity contribution in [2.75, 3.05) is 6.54 Å². The number of likely N-dealkylation sites (tertiary alicyclic amines) is 1. The number of hydrogen-bond acceptors (Lipinski definition) is 4. The summed E-state index contributed by atoms with van der Waals surface area (Å²) < 4.78 is 13.4. The van der Waals surface area contributed by atoms with Crippen molar-refractivity contribution in [1.82, 2.24) is 4.90 Å². The van der Waals surface area contributed by atoms with Crippen molar-refractivity contribution in [3.05, 3.63) is 83.0 Å². The van der Waals surface area contributed by atoms with Crippen molar-refractivity contribution in [3.63, 3.8) is 0 Å². The highest BCUT2D eigenvalue weighted by Crippen LogP contribution is 2.64. The second kappa shape index (κ2) is 11.2. The highest BCUT2D eigenvalue weighted by atomic mass is 16.5. The lowest BCUT2D eigenvalue weighted by atomic mass is 9.56. The highest BCUT2D eigenvalue weighted by molar-refractivity contribution is 5.91. The molecule has 2 saturated carbocycles. The number of carbonyl (C=O) groups is 1. The van der Waals surface area contributed by atoms with Crippen LogP contribution in [0, 0.1) is 35.0 Å². The van der Waals surface area contributed by atoms with Crippen LogP contribution in [0.15, 0.2) is 77.4 Å². The topological polar surface area (TPSA) is 38.8 Å². The lowest BCUT2D eigenvalue weighted by Crippen LogP contribution is -2.51. The van der Waals surface area contributed by atoms with Crippen molar-refractivity contribution in [1.29, 1.82) is 0 Å². The van der Waals surface area contributed by atoms with Crippen molar-refractivity contribution in [3.8, 4) is 11.5 Å². The Morgan fingerprint density at radius 3 is 2.56 bits per heavy atom. The van der Waals surface area contributed by atoms with Crippen LogP contribution >= 0.6 is 0 Å². The fourth-order valence-corrected chi connectivity index (χ4v) is 11.2. The van der Waals surface area contributed by atoms with E-state index < -0.39 is 0 Å². The fraction of sp³-hybridized carbons (Fsp3) is 0.585. The Kier molecular flexibility index (Phi) is 7.41. The first-order chi connectivity index (χ1) is 21.7. The predicted molar refractivity (Wildman–Crippen MR) is 179 cm³/mol. The number of carbonyl (C=O) groups excluding carboxylic acids is 1. The molecule has 8 rings (SSSR count). The minimum atomic E-state index is -0.0527. The van der Waals surface area contributed by atoms with Crippen molar-refractivity contribution >= 4 is 5.78 Å². The molecule has 4 heteroatoms. The van der Waals surface area contributed by atoms with Gasteiger partial charge in [0.15, 0.2) is 5.78 Å². The van der Waals surface area contributed by atoms with Crippen LogP contribution in [0.3, 0.4) is 0 Å². The number of rotatable bonds is 4. The lowest BCUT2D eigenvalue weighted by molar-refractivity contribution is -0.116. The van der Waals surface area contributed by atoms with Crippen LogP contribution in [0.2, 0.25) is 0 Å². The smallest absolute Gasteiger partial charge is 0.155 e. The third-order valence-electron chi connectivity index (χ3n) is 13.4. The van der Waals surface area contributed by atoms with Crippen LogP contribution in [0.4, 0.5) is 0 Å². The molecule has 2 saturated heterocycles. The molecule has 4 nitrogen and oxygen atoms in total. The van der Waals surface area contributed by atoms with Gasteiger partial charge in [-0.15, -0.1) is 0 Å². The van der Waals surface area contributed by atoms with E-state index in [1.54, 1.807) is 11.1 Å². The Balaban J connectivity index is 1.01. The summed E-state index contributed by atoms with van der Waals surface area (Å²) in [5.41, 5.74) is 6.39. The number of para-hydroxylation sites is 1. The van der Waals surface area contributed by atoms with E-state index in [-0.39, 0.29) is 11.0 Å². The number of benzene rings is 2. The lowest BCUT2D eigenvalue weighted by Gasteiger charge is -2.48. The van der Waals surface area contributed by atoms with Crippen molar-refractivity contribution in [2.45, 2.75) is 110 Å². The summed E-state index contributed by atoms with van der Waals surface area (Å²) in [6.45, 7) is 12.0. The highest BCUT2D eigenvalue weighted by Gasteiger charge is 2.59. The van der Waals surface area contributed by atoms with E-state index in [9.17, 15) is 4.79 Å². The first-order valence-electron chi connectivity index (χ1n) is 17.9. The van der Waals surface area contributed by atoms with E-state index in [1.165, 1.54) is 43.2 Å². The summed E-state index contributed by atoms with van der Waals surface area (Å²) in [6.07, 6.45) is 12.5. The molecule has 4 aliphatic carbocycles. The zero-order valence-electron chi connectivity index (χ0n) is 27.8. The molecule has 2 heterocycles. The van der Waals surface area contributed by atoms with E-state index in [2.05, 4.69) is 56.9 Å². The summed E-state index contributed by atoms with van der Waals surface area (Å²) in [4.78, 5) is 15.1. The summed E-state index contributed by atoms with van der Waals surface area (Å²) >= 11 is 0.